The molecule has 1 fully saturated rings. The Hall–Kier alpha value is -1.50. The summed E-state index contributed by atoms with van der Waals surface area (Å²) in [7, 11) is 0. The van der Waals surface area contributed by atoms with Gasteiger partial charge in [0.15, 0.2) is 0 Å². The van der Waals surface area contributed by atoms with Gasteiger partial charge in [-0.25, -0.2) is 25.3 Å². The van der Waals surface area contributed by atoms with E-state index in [4.69, 9.17) is 11.6 Å². The van der Waals surface area contributed by atoms with Crippen molar-refractivity contribution in [3.63, 3.8) is 0 Å². The minimum absolute atomic E-state index is 0.137. The van der Waals surface area contributed by atoms with Gasteiger partial charge in [0.2, 0.25) is 0 Å². The number of benzene rings is 2. The summed E-state index contributed by atoms with van der Waals surface area (Å²) >= 11 is 6.12. The molecule has 4 rings (SSSR count). The summed E-state index contributed by atoms with van der Waals surface area (Å²) in [5.74, 6) is 0.316. The lowest BCUT2D eigenvalue weighted by Gasteiger charge is -2.34. The van der Waals surface area contributed by atoms with Gasteiger partial charge in [0.1, 0.15) is 5.82 Å². The average molecular weight is 389 g/mol. The van der Waals surface area contributed by atoms with Crippen molar-refractivity contribution in [2.75, 3.05) is 26.3 Å². The largest absolute Gasteiger partial charge is 0.243 e. The number of nitrogens with zero attached hydrogens (tertiary/aromatic N) is 2. The first-order valence-corrected chi connectivity index (χ1v) is 10.0. The summed E-state index contributed by atoms with van der Waals surface area (Å²) in [5.41, 5.74) is 10.8. The van der Waals surface area contributed by atoms with Gasteiger partial charge in [0.05, 0.1) is 6.67 Å². The quantitative estimate of drug-likeness (QED) is 0.765. The zero-order valence-corrected chi connectivity index (χ0v) is 16.2. The number of rotatable bonds is 5. The third-order valence-corrected chi connectivity index (χ3v) is 5.84. The highest BCUT2D eigenvalue weighted by atomic mass is 35.5. The lowest BCUT2D eigenvalue weighted by Crippen LogP contribution is -2.51. The highest BCUT2D eigenvalue weighted by molar-refractivity contribution is 6.30. The molecule has 0 aromatic heterocycles. The Morgan fingerprint density at radius 2 is 1.78 bits per heavy atom. The molecule has 27 heavy (non-hydrogen) atoms. The molecule has 2 N–H and O–H groups in total. The molecule has 2 aromatic rings. The predicted molar refractivity (Wildman–Crippen MR) is 107 cm³/mol. The van der Waals surface area contributed by atoms with Crippen molar-refractivity contribution >= 4 is 11.6 Å². The van der Waals surface area contributed by atoms with Crippen molar-refractivity contribution in [2.24, 2.45) is 0 Å². The van der Waals surface area contributed by atoms with E-state index in [-0.39, 0.29) is 5.82 Å². The van der Waals surface area contributed by atoms with Crippen molar-refractivity contribution < 1.29 is 4.39 Å². The summed E-state index contributed by atoms with van der Waals surface area (Å²) in [6, 6.07) is 13.2. The van der Waals surface area contributed by atoms with Crippen molar-refractivity contribution in [3.8, 4) is 0 Å². The molecule has 0 spiro atoms. The van der Waals surface area contributed by atoms with E-state index < -0.39 is 0 Å². The molecule has 2 aromatic carbocycles. The third-order valence-electron chi connectivity index (χ3n) is 5.60. The Kier molecular flexibility index (Phi) is 6.05. The standard InChI is InChI=1S/C21H26ClFN4/c22-20-5-4-16-8-11-27(14-19(16)12-20)25-15-24-26-9-6-17(7-10-26)18-2-1-3-21(23)13-18/h1-5,12-13,17,24-25H,6-11,14-15H2. The molecule has 0 atom stereocenters. The van der Waals surface area contributed by atoms with Gasteiger partial charge >= 0.3 is 0 Å². The predicted octanol–water partition coefficient (Wildman–Crippen LogP) is 3.68. The second-order valence-electron chi connectivity index (χ2n) is 7.39. The molecule has 0 amide bonds. The Bertz CT molecular complexity index is 777. The van der Waals surface area contributed by atoms with E-state index in [2.05, 4.69) is 33.0 Å². The minimum atomic E-state index is -0.137. The number of hydrogen-bond acceptors (Lipinski definition) is 4. The zero-order valence-electron chi connectivity index (χ0n) is 15.4. The van der Waals surface area contributed by atoms with Gasteiger partial charge in [-0.3, -0.25) is 0 Å². The fourth-order valence-corrected chi connectivity index (χ4v) is 4.25. The molecule has 2 aliphatic heterocycles. The first-order chi connectivity index (χ1) is 13.2. The molecule has 0 saturated carbocycles. The number of halogens is 2. The smallest absolute Gasteiger partial charge is 0.123 e. The van der Waals surface area contributed by atoms with Gasteiger partial charge in [-0.15, -0.1) is 0 Å². The van der Waals surface area contributed by atoms with E-state index in [1.165, 1.54) is 17.2 Å². The zero-order chi connectivity index (χ0) is 18.6. The van der Waals surface area contributed by atoms with Crippen molar-refractivity contribution in [1.29, 1.82) is 0 Å². The Balaban J connectivity index is 1.20. The van der Waals surface area contributed by atoms with E-state index in [1.807, 2.05) is 18.2 Å². The Labute approximate surface area is 165 Å². The van der Waals surface area contributed by atoms with Crippen LogP contribution < -0.4 is 10.9 Å². The van der Waals surface area contributed by atoms with Gasteiger partial charge in [-0.05, 0) is 66.1 Å². The summed E-state index contributed by atoms with van der Waals surface area (Å²) in [6.45, 7) is 4.53. The van der Waals surface area contributed by atoms with Crippen molar-refractivity contribution in [1.82, 2.24) is 20.9 Å². The molecule has 144 valence electrons. The highest BCUT2D eigenvalue weighted by Crippen LogP contribution is 2.27. The Morgan fingerprint density at radius 1 is 0.963 bits per heavy atom. The molecule has 6 heteroatoms. The van der Waals surface area contributed by atoms with E-state index in [1.54, 1.807) is 6.07 Å². The van der Waals surface area contributed by atoms with Crippen LogP contribution in [-0.2, 0) is 13.0 Å². The summed E-state index contributed by atoms with van der Waals surface area (Å²) in [4.78, 5) is 0. The minimum Gasteiger partial charge on any atom is -0.243 e. The van der Waals surface area contributed by atoms with Crippen LogP contribution in [0.1, 0.15) is 35.4 Å². The molecular formula is C21H26ClFN4. The van der Waals surface area contributed by atoms with Gasteiger partial charge in [-0.2, -0.15) is 0 Å². The maximum Gasteiger partial charge on any atom is 0.123 e. The topological polar surface area (TPSA) is 30.5 Å². The van der Waals surface area contributed by atoms with Crippen LogP contribution in [-0.4, -0.2) is 36.3 Å². The van der Waals surface area contributed by atoms with Crippen LogP contribution in [0.15, 0.2) is 42.5 Å². The maximum atomic E-state index is 13.4. The van der Waals surface area contributed by atoms with Crippen LogP contribution in [0.3, 0.4) is 0 Å². The first kappa shape index (κ1) is 18.8. The lowest BCUT2D eigenvalue weighted by molar-refractivity contribution is 0.0961. The SMILES string of the molecule is Fc1cccc(C2CCN(NCNN3CCc4ccc(Cl)cc4C3)CC2)c1. The number of hydrogen-bond donors (Lipinski definition) is 2. The average Bonchev–Trinajstić information content (AvgIpc) is 2.68. The second kappa shape index (κ2) is 8.67. The molecule has 0 aliphatic carbocycles. The van der Waals surface area contributed by atoms with Crippen LogP contribution in [0.25, 0.3) is 0 Å². The van der Waals surface area contributed by atoms with Crippen LogP contribution in [0, 0.1) is 5.82 Å². The normalized spacial score (nSPS) is 19.2. The molecule has 0 bridgehead atoms. The number of hydrazine groups is 2. The van der Waals surface area contributed by atoms with E-state index in [0.29, 0.717) is 12.6 Å². The number of nitrogens with one attached hydrogen (secondary N) is 2. The van der Waals surface area contributed by atoms with E-state index in [9.17, 15) is 4.39 Å². The molecule has 0 unspecified atom stereocenters. The van der Waals surface area contributed by atoms with E-state index in [0.717, 1.165) is 56.0 Å². The van der Waals surface area contributed by atoms with Gasteiger partial charge in [0, 0.05) is 31.2 Å². The number of piperidine rings is 1. The lowest BCUT2D eigenvalue weighted by atomic mass is 9.90. The highest BCUT2D eigenvalue weighted by Gasteiger charge is 2.21. The molecular weight excluding hydrogens is 363 g/mol. The van der Waals surface area contributed by atoms with Crippen LogP contribution in [0.2, 0.25) is 5.02 Å². The van der Waals surface area contributed by atoms with Crippen LogP contribution in [0.5, 0.6) is 0 Å². The molecule has 0 radical (unpaired) electrons. The number of fused-ring (bicyclic) bond motifs is 1. The van der Waals surface area contributed by atoms with Crippen LogP contribution in [0.4, 0.5) is 4.39 Å². The van der Waals surface area contributed by atoms with Gasteiger partial charge in [-0.1, -0.05) is 29.8 Å². The van der Waals surface area contributed by atoms with E-state index >= 15 is 0 Å². The monoisotopic (exact) mass is 388 g/mol. The summed E-state index contributed by atoms with van der Waals surface area (Å²) in [5, 5.41) is 5.30. The van der Waals surface area contributed by atoms with Gasteiger partial charge < -0.3 is 0 Å². The van der Waals surface area contributed by atoms with Gasteiger partial charge in [0.25, 0.3) is 0 Å². The summed E-state index contributed by atoms with van der Waals surface area (Å²) in [6.07, 6.45) is 3.14. The first-order valence-electron chi connectivity index (χ1n) is 9.67. The molecule has 2 heterocycles. The molecule has 4 nitrogen and oxygen atoms in total. The second-order valence-corrected chi connectivity index (χ2v) is 7.83. The van der Waals surface area contributed by atoms with Crippen molar-refractivity contribution in [2.45, 2.75) is 31.7 Å². The third kappa shape index (κ3) is 4.86. The molecule has 2 aliphatic rings. The van der Waals surface area contributed by atoms with Crippen LogP contribution >= 0.6 is 11.6 Å². The summed E-state index contributed by atoms with van der Waals surface area (Å²) < 4.78 is 13.4. The van der Waals surface area contributed by atoms with Crippen molar-refractivity contribution in [3.05, 3.63) is 70.0 Å². The Morgan fingerprint density at radius 3 is 2.59 bits per heavy atom. The molecule has 1 saturated heterocycles. The maximum absolute atomic E-state index is 13.4. The fourth-order valence-electron chi connectivity index (χ4n) is 4.05. The fraction of sp³-hybridized carbons (Fsp3) is 0.429.